The molecule has 1 unspecified atom stereocenters. The number of carbonyl (C=O) groups is 1. The van der Waals surface area contributed by atoms with E-state index in [1.54, 1.807) is 7.11 Å². The first-order chi connectivity index (χ1) is 9.80. The summed E-state index contributed by atoms with van der Waals surface area (Å²) in [6.07, 6.45) is 0.598. The molecule has 0 saturated carbocycles. The van der Waals surface area contributed by atoms with Gasteiger partial charge in [-0.3, -0.25) is 10.1 Å². The fourth-order valence-corrected chi connectivity index (χ4v) is 2.40. The third-order valence-electron chi connectivity index (χ3n) is 3.48. The summed E-state index contributed by atoms with van der Waals surface area (Å²) in [5.41, 5.74) is -0.149. The van der Waals surface area contributed by atoms with E-state index in [0.717, 1.165) is 11.3 Å². The monoisotopic (exact) mass is 289 g/mol. The standard InChI is InChI=1S/C16H23N3O2/c1-6-16(11-7-9-12(21-5)10-8-11)13(20)17-14(19-16)18-15(2,3)4/h7-10H,6H2,1-5H3,(H2,17,18,19,20). The van der Waals surface area contributed by atoms with E-state index in [-0.39, 0.29) is 11.4 Å². The molecule has 0 fully saturated rings. The maximum Gasteiger partial charge on any atom is 0.259 e. The summed E-state index contributed by atoms with van der Waals surface area (Å²) in [5, 5.41) is 6.07. The molecule has 2 rings (SSSR count). The van der Waals surface area contributed by atoms with Gasteiger partial charge in [0.05, 0.1) is 7.11 Å². The predicted molar refractivity (Wildman–Crippen MR) is 83.4 cm³/mol. The molecule has 0 saturated heterocycles. The SMILES string of the molecule is CCC1(c2ccc(OC)cc2)N=C(NC(C)(C)C)NC1=O. The van der Waals surface area contributed by atoms with Crippen LogP contribution in [0.15, 0.2) is 29.3 Å². The summed E-state index contributed by atoms with van der Waals surface area (Å²) in [6, 6.07) is 7.49. The summed E-state index contributed by atoms with van der Waals surface area (Å²) in [5.74, 6) is 1.20. The normalized spacial score (nSPS) is 21.8. The van der Waals surface area contributed by atoms with Crippen molar-refractivity contribution in [2.24, 2.45) is 4.99 Å². The molecule has 0 aliphatic carbocycles. The van der Waals surface area contributed by atoms with Crippen LogP contribution in [-0.4, -0.2) is 24.5 Å². The van der Waals surface area contributed by atoms with Crippen molar-refractivity contribution in [1.82, 2.24) is 10.6 Å². The number of aliphatic imine (C=N–C) groups is 1. The summed E-state index contributed by atoms with van der Waals surface area (Å²) in [6.45, 7) is 8.05. The molecule has 1 aromatic rings. The summed E-state index contributed by atoms with van der Waals surface area (Å²) < 4.78 is 5.16. The van der Waals surface area contributed by atoms with Crippen molar-refractivity contribution in [2.75, 3.05) is 7.11 Å². The highest BCUT2D eigenvalue weighted by atomic mass is 16.5. The Balaban J connectivity index is 2.37. The molecule has 0 aromatic heterocycles. The molecule has 0 spiro atoms. The molecule has 2 N–H and O–H groups in total. The maximum atomic E-state index is 12.5. The highest BCUT2D eigenvalue weighted by Crippen LogP contribution is 2.34. The summed E-state index contributed by atoms with van der Waals surface area (Å²) in [7, 11) is 1.62. The van der Waals surface area contributed by atoms with Crippen molar-refractivity contribution < 1.29 is 9.53 Å². The Morgan fingerprint density at radius 3 is 2.38 bits per heavy atom. The molecule has 114 valence electrons. The van der Waals surface area contributed by atoms with Crippen LogP contribution in [0.25, 0.3) is 0 Å². The molecule has 0 radical (unpaired) electrons. The second kappa shape index (κ2) is 5.39. The van der Waals surface area contributed by atoms with E-state index >= 15 is 0 Å². The molecule has 1 atom stereocenters. The Labute approximate surface area is 125 Å². The number of methoxy groups -OCH3 is 1. The first-order valence-corrected chi connectivity index (χ1v) is 7.15. The molecular formula is C16H23N3O2. The molecule has 21 heavy (non-hydrogen) atoms. The quantitative estimate of drug-likeness (QED) is 0.896. The maximum absolute atomic E-state index is 12.5. The molecule has 1 aromatic carbocycles. The van der Waals surface area contributed by atoms with Gasteiger partial charge in [0.1, 0.15) is 5.75 Å². The lowest BCUT2D eigenvalue weighted by atomic mass is 9.87. The average Bonchev–Trinajstić information content (AvgIpc) is 2.73. The van der Waals surface area contributed by atoms with E-state index in [1.165, 1.54) is 0 Å². The van der Waals surface area contributed by atoms with Crippen LogP contribution < -0.4 is 15.4 Å². The van der Waals surface area contributed by atoms with Crippen molar-refractivity contribution in [3.63, 3.8) is 0 Å². The van der Waals surface area contributed by atoms with E-state index < -0.39 is 5.54 Å². The molecule has 5 nitrogen and oxygen atoms in total. The van der Waals surface area contributed by atoms with Crippen LogP contribution in [-0.2, 0) is 10.3 Å². The van der Waals surface area contributed by atoms with Crippen LogP contribution in [0.5, 0.6) is 5.75 Å². The van der Waals surface area contributed by atoms with Gasteiger partial charge in [-0.25, -0.2) is 4.99 Å². The Morgan fingerprint density at radius 1 is 1.29 bits per heavy atom. The van der Waals surface area contributed by atoms with Crippen molar-refractivity contribution >= 4 is 11.9 Å². The van der Waals surface area contributed by atoms with Gasteiger partial charge in [-0.2, -0.15) is 0 Å². The van der Waals surface area contributed by atoms with Gasteiger partial charge in [0.15, 0.2) is 11.5 Å². The Kier molecular flexibility index (Phi) is 3.94. The van der Waals surface area contributed by atoms with Crippen LogP contribution in [0.1, 0.15) is 39.7 Å². The number of nitrogens with zero attached hydrogens (tertiary/aromatic N) is 1. The minimum Gasteiger partial charge on any atom is -0.497 e. The molecule has 1 amide bonds. The predicted octanol–water partition coefficient (Wildman–Crippen LogP) is 2.17. The number of amides is 1. The lowest BCUT2D eigenvalue weighted by molar-refractivity contribution is -0.124. The zero-order valence-corrected chi connectivity index (χ0v) is 13.3. The lowest BCUT2D eigenvalue weighted by Gasteiger charge is -2.22. The molecule has 1 aliphatic heterocycles. The zero-order valence-electron chi connectivity index (χ0n) is 13.3. The van der Waals surface area contributed by atoms with Crippen LogP contribution in [0.4, 0.5) is 0 Å². The van der Waals surface area contributed by atoms with Gasteiger partial charge in [-0.15, -0.1) is 0 Å². The van der Waals surface area contributed by atoms with Gasteiger partial charge in [0.2, 0.25) is 0 Å². The fraction of sp³-hybridized carbons (Fsp3) is 0.500. The number of rotatable bonds is 3. The lowest BCUT2D eigenvalue weighted by Crippen LogP contribution is -2.47. The molecule has 1 heterocycles. The van der Waals surface area contributed by atoms with E-state index in [0.29, 0.717) is 12.4 Å². The third-order valence-corrected chi connectivity index (χ3v) is 3.48. The minimum atomic E-state index is -0.861. The molecule has 5 heteroatoms. The van der Waals surface area contributed by atoms with Crippen LogP contribution in [0, 0.1) is 0 Å². The Morgan fingerprint density at radius 2 is 1.90 bits per heavy atom. The number of nitrogens with one attached hydrogen (secondary N) is 2. The highest BCUT2D eigenvalue weighted by Gasteiger charge is 2.44. The summed E-state index contributed by atoms with van der Waals surface area (Å²) in [4.78, 5) is 17.1. The number of carbonyl (C=O) groups excluding carboxylic acids is 1. The van der Waals surface area contributed by atoms with Gasteiger partial charge < -0.3 is 10.1 Å². The van der Waals surface area contributed by atoms with Crippen LogP contribution in [0.3, 0.4) is 0 Å². The first kappa shape index (κ1) is 15.4. The zero-order chi connectivity index (χ0) is 15.7. The minimum absolute atomic E-state index is 0.0954. The topological polar surface area (TPSA) is 62.7 Å². The number of guanidine groups is 1. The van der Waals surface area contributed by atoms with Crippen molar-refractivity contribution in [3.8, 4) is 5.75 Å². The van der Waals surface area contributed by atoms with Crippen molar-refractivity contribution in [2.45, 2.75) is 45.2 Å². The summed E-state index contributed by atoms with van der Waals surface area (Å²) >= 11 is 0. The number of benzene rings is 1. The van der Waals surface area contributed by atoms with E-state index in [2.05, 4.69) is 15.6 Å². The van der Waals surface area contributed by atoms with Gasteiger partial charge >= 0.3 is 0 Å². The van der Waals surface area contributed by atoms with E-state index in [4.69, 9.17) is 4.74 Å². The van der Waals surface area contributed by atoms with Crippen molar-refractivity contribution in [1.29, 1.82) is 0 Å². The number of ether oxygens (including phenoxy) is 1. The number of hydrogen-bond acceptors (Lipinski definition) is 4. The Bertz CT molecular complexity index is 558. The average molecular weight is 289 g/mol. The van der Waals surface area contributed by atoms with E-state index in [9.17, 15) is 4.79 Å². The van der Waals surface area contributed by atoms with Crippen LogP contribution >= 0.6 is 0 Å². The number of hydrogen-bond donors (Lipinski definition) is 2. The highest BCUT2D eigenvalue weighted by molar-refractivity contribution is 6.07. The second-order valence-corrected chi connectivity index (χ2v) is 6.23. The largest absolute Gasteiger partial charge is 0.497 e. The first-order valence-electron chi connectivity index (χ1n) is 7.15. The fourth-order valence-electron chi connectivity index (χ4n) is 2.40. The molecule has 0 bridgehead atoms. The Hall–Kier alpha value is -2.04. The van der Waals surface area contributed by atoms with Gasteiger partial charge in [0, 0.05) is 5.54 Å². The van der Waals surface area contributed by atoms with Crippen molar-refractivity contribution in [3.05, 3.63) is 29.8 Å². The second-order valence-electron chi connectivity index (χ2n) is 6.23. The molecule has 1 aliphatic rings. The smallest absolute Gasteiger partial charge is 0.259 e. The van der Waals surface area contributed by atoms with Gasteiger partial charge in [-0.05, 0) is 44.9 Å². The van der Waals surface area contributed by atoms with E-state index in [1.807, 2.05) is 52.0 Å². The van der Waals surface area contributed by atoms with Crippen LogP contribution in [0.2, 0.25) is 0 Å². The van der Waals surface area contributed by atoms with Gasteiger partial charge in [0.25, 0.3) is 5.91 Å². The molecular weight excluding hydrogens is 266 g/mol. The van der Waals surface area contributed by atoms with Gasteiger partial charge in [-0.1, -0.05) is 19.1 Å². The third kappa shape index (κ3) is 3.01.